The van der Waals surface area contributed by atoms with Gasteiger partial charge in [-0.3, -0.25) is 4.90 Å². The van der Waals surface area contributed by atoms with Crippen molar-refractivity contribution in [2.45, 2.75) is 33.2 Å². The van der Waals surface area contributed by atoms with Gasteiger partial charge in [-0.2, -0.15) is 13.2 Å². The average Bonchev–Trinajstić information content (AvgIpc) is 2.64. The lowest BCUT2D eigenvalue weighted by Crippen LogP contribution is -2.22. The third-order valence-corrected chi connectivity index (χ3v) is 4.14. The van der Waals surface area contributed by atoms with Gasteiger partial charge in [0.25, 0.3) is 0 Å². The van der Waals surface area contributed by atoms with E-state index in [2.05, 4.69) is 18.7 Å². The van der Waals surface area contributed by atoms with E-state index < -0.39 is 17.7 Å². The SMILES string of the molecule is CCN(CC)Cc1ccc(COC(=O)c2ccc(C(F)(F)F)cc2)cc1. The Morgan fingerprint density at radius 2 is 1.46 bits per heavy atom. The van der Waals surface area contributed by atoms with Gasteiger partial charge in [0.2, 0.25) is 0 Å². The van der Waals surface area contributed by atoms with E-state index in [0.29, 0.717) is 0 Å². The molecule has 2 aromatic rings. The van der Waals surface area contributed by atoms with E-state index in [9.17, 15) is 18.0 Å². The zero-order valence-corrected chi connectivity index (χ0v) is 14.8. The van der Waals surface area contributed by atoms with Crippen LogP contribution in [0, 0.1) is 0 Å². The van der Waals surface area contributed by atoms with Gasteiger partial charge in [0.15, 0.2) is 0 Å². The Hall–Kier alpha value is -2.34. The third-order valence-electron chi connectivity index (χ3n) is 4.14. The van der Waals surface area contributed by atoms with E-state index in [0.717, 1.165) is 49.5 Å². The van der Waals surface area contributed by atoms with Crippen molar-refractivity contribution in [3.8, 4) is 0 Å². The molecule has 2 aromatic carbocycles. The molecule has 0 N–H and O–H groups in total. The molecule has 6 heteroatoms. The Morgan fingerprint density at radius 3 is 1.96 bits per heavy atom. The van der Waals surface area contributed by atoms with Gasteiger partial charge in [-0.15, -0.1) is 0 Å². The lowest BCUT2D eigenvalue weighted by molar-refractivity contribution is -0.137. The predicted octanol–water partition coefficient (Wildman–Crippen LogP) is 4.90. The summed E-state index contributed by atoms with van der Waals surface area (Å²) >= 11 is 0. The van der Waals surface area contributed by atoms with Crippen LogP contribution in [-0.2, 0) is 24.1 Å². The van der Waals surface area contributed by atoms with E-state index in [1.54, 1.807) is 0 Å². The Kier molecular flexibility index (Phi) is 6.80. The Bertz CT molecular complexity index is 705. The molecule has 0 atom stereocenters. The van der Waals surface area contributed by atoms with Crippen molar-refractivity contribution in [2.75, 3.05) is 13.1 Å². The van der Waals surface area contributed by atoms with Crippen LogP contribution < -0.4 is 0 Å². The molecule has 0 aliphatic rings. The van der Waals surface area contributed by atoms with Gasteiger partial charge < -0.3 is 4.74 Å². The summed E-state index contributed by atoms with van der Waals surface area (Å²) in [5, 5.41) is 0. The fourth-order valence-corrected chi connectivity index (χ4v) is 2.47. The maximum Gasteiger partial charge on any atom is 0.416 e. The van der Waals surface area contributed by atoms with Crippen LogP contribution in [0.4, 0.5) is 13.2 Å². The second kappa shape index (κ2) is 8.85. The number of benzene rings is 2. The van der Waals surface area contributed by atoms with Crippen molar-refractivity contribution < 1.29 is 22.7 Å². The normalized spacial score (nSPS) is 11.6. The van der Waals surface area contributed by atoms with E-state index >= 15 is 0 Å². The van der Waals surface area contributed by atoms with Gasteiger partial charge in [0, 0.05) is 6.54 Å². The smallest absolute Gasteiger partial charge is 0.416 e. The van der Waals surface area contributed by atoms with Crippen molar-refractivity contribution in [3.63, 3.8) is 0 Å². The van der Waals surface area contributed by atoms with Crippen LogP contribution >= 0.6 is 0 Å². The molecule has 0 amide bonds. The topological polar surface area (TPSA) is 29.5 Å². The van der Waals surface area contributed by atoms with Crippen molar-refractivity contribution >= 4 is 5.97 Å². The number of hydrogen-bond donors (Lipinski definition) is 0. The Labute approximate surface area is 151 Å². The van der Waals surface area contributed by atoms with Crippen LogP contribution in [0.15, 0.2) is 48.5 Å². The maximum atomic E-state index is 12.5. The van der Waals surface area contributed by atoms with Crippen molar-refractivity contribution in [2.24, 2.45) is 0 Å². The summed E-state index contributed by atoms with van der Waals surface area (Å²) in [4.78, 5) is 14.3. The predicted molar refractivity (Wildman–Crippen MR) is 93.6 cm³/mol. The number of ether oxygens (including phenoxy) is 1. The number of carbonyl (C=O) groups excluding carboxylic acids is 1. The van der Waals surface area contributed by atoms with Crippen LogP contribution in [0.2, 0.25) is 0 Å². The van der Waals surface area contributed by atoms with Gasteiger partial charge in [0.05, 0.1) is 11.1 Å². The summed E-state index contributed by atoms with van der Waals surface area (Å²) in [6.07, 6.45) is -4.42. The highest BCUT2D eigenvalue weighted by Gasteiger charge is 2.30. The quantitative estimate of drug-likeness (QED) is 0.654. The fourth-order valence-electron chi connectivity index (χ4n) is 2.47. The number of hydrogen-bond acceptors (Lipinski definition) is 3. The summed E-state index contributed by atoms with van der Waals surface area (Å²) < 4.78 is 42.8. The number of halogens is 3. The summed E-state index contributed by atoms with van der Waals surface area (Å²) in [5.74, 6) is -0.647. The molecule has 140 valence electrons. The van der Waals surface area contributed by atoms with E-state index in [-0.39, 0.29) is 12.2 Å². The van der Waals surface area contributed by atoms with Crippen molar-refractivity contribution in [1.29, 1.82) is 0 Å². The van der Waals surface area contributed by atoms with Gasteiger partial charge in [-0.1, -0.05) is 38.1 Å². The summed E-state index contributed by atoms with van der Waals surface area (Å²) in [6, 6.07) is 11.7. The highest BCUT2D eigenvalue weighted by Crippen LogP contribution is 2.29. The molecular weight excluding hydrogens is 343 g/mol. The molecule has 0 saturated carbocycles. The molecule has 0 aliphatic heterocycles. The average molecular weight is 365 g/mol. The molecule has 2 rings (SSSR count). The monoisotopic (exact) mass is 365 g/mol. The molecule has 3 nitrogen and oxygen atoms in total. The minimum Gasteiger partial charge on any atom is -0.457 e. The lowest BCUT2D eigenvalue weighted by atomic mass is 10.1. The molecule has 0 unspecified atom stereocenters. The lowest BCUT2D eigenvalue weighted by Gasteiger charge is -2.18. The number of esters is 1. The molecule has 0 bridgehead atoms. The zero-order chi connectivity index (χ0) is 19.2. The third kappa shape index (κ3) is 5.59. The van der Waals surface area contributed by atoms with Crippen LogP contribution in [0.1, 0.15) is 40.9 Å². The van der Waals surface area contributed by atoms with Gasteiger partial charge in [0.1, 0.15) is 6.61 Å². The van der Waals surface area contributed by atoms with E-state index in [4.69, 9.17) is 4.74 Å². The van der Waals surface area contributed by atoms with Gasteiger partial charge >= 0.3 is 12.1 Å². The summed E-state index contributed by atoms with van der Waals surface area (Å²) in [5.41, 5.74) is 1.30. The molecule has 0 aromatic heterocycles. The van der Waals surface area contributed by atoms with Gasteiger partial charge in [-0.05, 0) is 48.5 Å². The van der Waals surface area contributed by atoms with E-state index in [1.165, 1.54) is 5.56 Å². The highest BCUT2D eigenvalue weighted by molar-refractivity contribution is 5.89. The second-order valence-corrected chi connectivity index (χ2v) is 5.93. The number of nitrogens with zero attached hydrogens (tertiary/aromatic N) is 1. The standard InChI is InChI=1S/C20H22F3NO2/c1-3-24(4-2)13-15-5-7-16(8-6-15)14-26-19(25)17-9-11-18(12-10-17)20(21,22)23/h5-12H,3-4,13-14H2,1-2H3. The van der Waals surface area contributed by atoms with Crippen LogP contribution in [-0.4, -0.2) is 24.0 Å². The fraction of sp³-hybridized carbons (Fsp3) is 0.350. The van der Waals surface area contributed by atoms with Crippen LogP contribution in [0.3, 0.4) is 0 Å². The minimum atomic E-state index is -4.42. The van der Waals surface area contributed by atoms with Crippen LogP contribution in [0.5, 0.6) is 0 Å². The van der Waals surface area contributed by atoms with Crippen molar-refractivity contribution in [1.82, 2.24) is 4.90 Å². The Balaban J connectivity index is 1.91. The molecule has 0 radical (unpaired) electrons. The molecule has 0 spiro atoms. The molecule has 0 heterocycles. The number of carbonyl (C=O) groups is 1. The summed E-state index contributed by atoms with van der Waals surface area (Å²) in [6.45, 7) is 7.10. The molecule has 0 aliphatic carbocycles. The first-order chi connectivity index (χ1) is 12.3. The molecular formula is C20H22F3NO2. The molecule has 26 heavy (non-hydrogen) atoms. The van der Waals surface area contributed by atoms with Crippen LogP contribution in [0.25, 0.3) is 0 Å². The minimum absolute atomic E-state index is 0.0748. The summed E-state index contributed by atoms with van der Waals surface area (Å²) in [7, 11) is 0. The molecule has 0 saturated heterocycles. The largest absolute Gasteiger partial charge is 0.457 e. The first-order valence-corrected chi connectivity index (χ1v) is 8.48. The van der Waals surface area contributed by atoms with Crippen molar-refractivity contribution in [3.05, 3.63) is 70.8 Å². The number of rotatable bonds is 7. The first-order valence-electron chi connectivity index (χ1n) is 8.48. The highest BCUT2D eigenvalue weighted by atomic mass is 19.4. The maximum absolute atomic E-state index is 12.5. The molecule has 0 fully saturated rings. The second-order valence-electron chi connectivity index (χ2n) is 5.93. The first kappa shape index (κ1) is 20.0. The zero-order valence-electron chi connectivity index (χ0n) is 14.8. The number of alkyl halides is 3. The Morgan fingerprint density at radius 1 is 0.923 bits per heavy atom. The van der Waals surface area contributed by atoms with Gasteiger partial charge in [-0.25, -0.2) is 4.79 Å². The van der Waals surface area contributed by atoms with E-state index in [1.807, 2.05) is 24.3 Å².